The quantitative estimate of drug-likeness (QED) is 0.572. The summed E-state index contributed by atoms with van der Waals surface area (Å²) in [5.41, 5.74) is 3.15. The lowest BCUT2D eigenvalue weighted by molar-refractivity contribution is -0.129. The molecule has 4 rings (SSSR count). The minimum Gasteiger partial charge on any atom is -0.497 e. The van der Waals surface area contributed by atoms with Gasteiger partial charge in [-0.2, -0.15) is 0 Å². The summed E-state index contributed by atoms with van der Waals surface area (Å²) < 4.78 is 5.38. The van der Waals surface area contributed by atoms with Gasteiger partial charge in [0.25, 0.3) is 0 Å². The molecule has 1 saturated heterocycles. The SMILES string of the molecule is COc1ccc2c(-c3ccccc3)cc(SCC(=O)N3CCCCC3)nc2c1. The zero-order valence-electron chi connectivity index (χ0n) is 16.1. The second-order valence-electron chi connectivity index (χ2n) is 6.99. The largest absolute Gasteiger partial charge is 0.497 e. The molecule has 0 unspecified atom stereocenters. The van der Waals surface area contributed by atoms with Crippen LogP contribution in [0.1, 0.15) is 19.3 Å². The molecular weight excluding hydrogens is 368 g/mol. The van der Waals surface area contributed by atoms with Gasteiger partial charge in [-0.15, -0.1) is 0 Å². The van der Waals surface area contributed by atoms with Crippen molar-refractivity contribution in [3.63, 3.8) is 0 Å². The molecule has 144 valence electrons. The fraction of sp³-hybridized carbons (Fsp3) is 0.304. The summed E-state index contributed by atoms with van der Waals surface area (Å²) in [5, 5.41) is 1.95. The van der Waals surface area contributed by atoms with Gasteiger partial charge in [-0.05, 0) is 48.6 Å². The molecule has 4 nitrogen and oxygen atoms in total. The lowest BCUT2D eigenvalue weighted by Gasteiger charge is -2.26. The molecule has 2 aromatic carbocycles. The van der Waals surface area contributed by atoms with E-state index in [0.29, 0.717) is 5.75 Å². The van der Waals surface area contributed by atoms with Gasteiger partial charge in [0, 0.05) is 24.5 Å². The number of benzene rings is 2. The van der Waals surface area contributed by atoms with E-state index in [0.717, 1.165) is 58.7 Å². The number of rotatable bonds is 5. The summed E-state index contributed by atoms with van der Waals surface area (Å²) in [6, 6.07) is 18.4. The predicted molar refractivity (Wildman–Crippen MR) is 115 cm³/mol. The van der Waals surface area contributed by atoms with Gasteiger partial charge in [-0.25, -0.2) is 4.98 Å². The number of hydrogen-bond donors (Lipinski definition) is 0. The van der Waals surface area contributed by atoms with Crippen LogP contribution in [0.25, 0.3) is 22.0 Å². The Kier molecular flexibility index (Phi) is 5.81. The average Bonchev–Trinajstić information content (AvgIpc) is 2.77. The maximum absolute atomic E-state index is 12.5. The maximum Gasteiger partial charge on any atom is 0.232 e. The highest BCUT2D eigenvalue weighted by atomic mass is 32.2. The van der Waals surface area contributed by atoms with Crippen molar-refractivity contribution in [2.24, 2.45) is 0 Å². The molecular formula is C23H24N2O2S. The normalized spacial score (nSPS) is 14.2. The third-order valence-corrected chi connectivity index (χ3v) is 6.03. The molecule has 0 radical (unpaired) electrons. The van der Waals surface area contributed by atoms with Crippen molar-refractivity contribution in [3.05, 3.63) is 54.6 Å². The van der Waals surface area contributed by atoms with Crippen LogP contribution in [0.4, 0.5) is 0 Å². The summed E-state index contributed by atoms with van der Waals surface area (Å²) in [7, 11) is 1.66. The number of ether oxygens (including phenoxy) is 1. The Balaban J connectivity index is 1.65. The van der Waals surface area contributed by atoms with Crippen LogP contribution in [0.3, 0.4) is 0 Å². The Morgan fingerprint density at radius 3 is 2.61 bits per heavy atom. The number of pyridine rings is 1. The lowest BCUT2D eigenvalue weighted by atomic mass is 10.0. The number of hydrogen-bond acceptors (Lipinski definition) is 4. The highest BCUT2D eigenvalue weighted by molar-refractivity contribution is 7.99. The molecule has 2 heterocycles. The molecule has 0 aliphatic carbocycles. The van der Waals surface area contributed by atoms with E-state index in [1.165, 1.54) is 18.2 Å². The van der Waals surface area contributed by atoms with Gasteiger partial charge >= 0.3 is 0 Å². The van der Waals surface area contributed by atoms with E-state index in [-0.39, 0.29) is 5.91 Å². The van der Waals surface area contributed by atoms with Crippen molar-refractivity contribution in [3.8, 4) is 16.9 Å². The molecule has 1 aliphatic rings. The minimum absolute atomic E-state index is 0.207. The number of aromatic nitrogens is 1. The fourth-order valence-electron chi connectivity index (χ4n) is 3.61. The first-order chi connectivity index (χ1) is 13.7. The monoisotopic (exact) mass is 392 g/mol. The maximum atomic E-state index is 12.5. The first kappa shape index (κ1) is 18.8. The number of carbonyl (C=O) groups is 1. The van der Waals surface area contributed by atoms with E-state index in [2.05, 4.69) is 24.3 Å². The molecule has 0 spiro atoms. The highest BCUT2D eigenvalue weighted by Crippen LogP contribution is 2.33. The Hall–Kier alpha value is -2.53. The number of fused-ring (bicyclic) bond motifs is 1. The number of amides is 1. The molecule has 3 aromatic rings. The number of methoxy groups -OCH3 is 1. The zero-order valence-corrected chi connectivity index (χ0v) is 16.9. The van der Waals surface area contributed by atoms with E-state index in [1.54, 1.807) is 7.11 Å². The van der Waals surface area contributed by atoms with Crippen molar-refractivity contribution in [2.45, 2.75) is 24.3 Å². The van der Waals surface area contributed by atoms with Gasteiger partial charge in [0.15, 0.2) is 0 Å². The van der Waals surface area contributed by atoms with Crippen LogP contribution in [-0.2, 0) is 4.79 Å². The predicted octanol–water partition coefficient (Wildman–Crippen LogP) is 5.02. The molecule has 28 heavy (non-hydrogen) atoms. The van der Waals surface area contributed by atoms with Crippen molar-refractivity contribution >= 4 is 28.6 Å². The molecule has 0 saturated carbocycles. The van der Waals surface area contributed by atoms with Gasteiger partial charge < -0.3 is 9.64 Å². The fourth-order valence-corrected chi connectivity index (χ4v) is 4.43. The molecule has 0 N–H and O–H groups in total. The Bertz CT molecular complexity index is 969. The van der Waals surface area contributed by atoms with Crippen LogP contribution in [0, 0.1) is 0 Å². The van der Waals surface area contributed by atoms with Crippen LogP contribution in [-0.4, -0.2) is 41.7 Å². The summed E-state index contributed by atoms with van der Waals surface area (Å²) in [4.78, 5) is 19.3. The molecule has 1 fully saturated rings. The number of thioether (sulfide) groups is 1. The van der Waals surface area contributed by atoms with Gasteiger partial charge in [0.1, 0.15) is 5.75 Å². The smallest absolute Gasteiger partial charge is 0.232 e. The van der Waals surface area contributed by atoms with E-state index < -0.39 is 0 Å². The van der Waals surface area contributed by atoms with E-state index in [4.69, 9.17) is 9.72 Å². The zero-order chi connectivity index (χ0) is 19.3. The molecule has 1 aliphatic heterocycles. The minimum atomic E-state index is 0.207. The third-order valence-electron chi connectivity index (χ3n) is 5.13. The van der Waals surface area contributed by atoms with Gasteiger partial charge in [0.2, 0.25) is 5.91 Å². The molecule has 1 amide bonds. The second kappa shape index (κ2) is 8.65. The third kappa shape index (κ3) is 4.14. The first-order valence-corrected chi connectivity index (χ1v) is 10.7. The van der Waals surface area contributed by atoms with Crippen molar-refractivity contribution in [1.29, 1.82) is 0 Å². The van der Waals surface area contributed by atoms with E-state index in [1.807, 2.05) is 35.2 Å². The van der Waals surface area contributed by atoms with Gasteiger partial charge in [-0.1, -0.05) is 42.1 Å². The number of likely N-dealkylation sites (tertiary alicyclic amines) is 1. The second-order valence-corrected chi connectivity index (χ2v) is 7.98. The van der Waals surface area contributed by atoms with E-state index in [9.17, 15) is 4.79 Å². The van der Waals surface area contributed by atoms with Gasteiger partial charge in [0.05, 0.1) is 23.4 Å². The van der Waals surface area contributed by atoms with Gasteiger partial charge in [-0.3, -0.25) is 4.79 Å². The van der Waals surface area contributed by atoms with Crippen LogP contribution < -0.4 is 4.74 Å². The number of nitrogens with zero attached hydrogens (tertiary/aromatic N) is 2. The summed E-state index contributed by atoms with van der Waals surface area (Å²) in [5.74, 6) is 1.42. The molecule has 0 atom stereocenters. The Morgan fingerprint density at radius 2 is 1.86 bits per heavy atom. The van der Waals surface area contributed by atoms with Crippen molar-refractivity contribution < 1.29 is 9.53 Å². The summed E-state index contributed by atoms with van der Waals surface area (Å²) >= 11 is 1.52. The standard InChI is InChI=1S/C23H24N2O2S/c1-27-18-10-11-19-20(17-8-4-2-5-9-17)15-22(24-21(19)14-18)28-16-23(26)25-12-6-3-7-13-25/h2,4-5,8-11,14-15H,3,6-7,12-13,16H2,1H3. The van der Waals surface area contributed by atoms with Crippen LogP contribution >= 0.6 is 11.8 Å². The average molecular weight is 393 g/mol. The highest BCUT2D eigenvalue weighted by Gasteiger charge is 2.17. The number of carbonyl (C=O) groups excluding carboxylic acids is 1. The van der Waals surface area contributed by atoms with Crippen LogP contribution in [0.5, 0.6) is 5.75 Å². The van der Waals surface area contributed by atoms with Crippen molar-refractivity contribution in [1.82, 2.24) is 9.88 Å². The Morgan fingerprint density at radius 1 is 1.07 bits per heavy atom. The molecule has 0 bridgehead atoms. The van der Waals surface area contributed by atoms with Crippen LogP contribution in [0.15, 0.2) is 59.6 Å². The number of piperidine rings is 1. The topological polar surface area (TPSA) is 42.4 Å². The Labute approximate surface area is 169 Å². The van der Waals surface area contributed by atoms with E-state index >= 15 is 0 Å². The molecule has 5 heteroatoms. The van der Waals surface area contributed by atoms with Crippen molar-refractivity contribution in [2.75, 3.05) is 26.0 Å². The lowest BCUT2D eigenvalue weighted by Crippen LogP contribution is -2.36. The van der Waals surface area contributed by atoms with Crippen LogP contribution in [0.2, 0.25) is 0 Å². The summed E-state index contributed by atoms with van der Waals surface area (Å²) in [6.45, 7) is 1.77. The summed E-state index contributed by atoms with van der Waals surface area (Å²) in [6.07, 6.45) is 3.45. The first-order valence-electron chi connectivity index (χ1n) is 9.69. The molecule has 1 aromatic heterocycles.